The number of anilines is 1. The van der Waals surface area contributed by atoms with Gasteiger partial charge in [-0.25, -0.2) is 8.42 Å². The van der Waals surface area contributed by atoms with E-state index in [9.17, 15) is 13.2 Å². The Balaban J connectivity index is 1.64. The van der Waals surface area contributed by atoms with Crippen LogP contribution in [0.25, 0.3) is 0 Å². The topological polar surface area (TPSA) is 95.5 Å². The number of carbonyl (C=O) groups excluding carboxylic acids is 1. The molecule has 0 spiro atoms. The Bertz CT molecular complexity index is 872. The minimum absolute atomic E-state index is 0.141. The van der Waals surface area contributed by atoms with Gasteiger partial charge in [0.25, 0.3) is 10.0 Å². The van der Waals surface area contributed by atoms with Gasteiger partial charge in [-0.2, -0.15) is 9.40 Å². The normalized spacial score (nSPS) is 15.8. The van der Waals surface area contributed by atoms with Gasteiger partial charge >= 0.3 is 0 Å². The first-order valence-corrected chi connectivity index (χ1v) is 10.5. The molecule has 1 N–H and O–H groups in total. The second kappa shape index (κ2) is 7.68. The van der Waals surface area contributed by atoms with Gasteiger partial charge in [-0.15, -0.1) is 16.4 Å². The van der Waals surface area contributed by atoms with Crippen LogP contribution in [0.3, 0.4) is 0 Å². The molecule has 1 amide bonds. The van der Waals surface area contributed by atoms with E-state index in [4.69, 9.17) is 0 Å². The Kier molecular flexibility index (Phi) is 5.54. The Morgan fingerprint density at radius 2 is 1.88 bits per heavy atom. The van der Waals surface area contributed by atoms with E-state index in [-0.39, 0.29) is 5.91 Å². The monoisotopic (exact) mass is 395 g/mol. The highest BCUT2D eigenvalue weighted by molar-refractivity contribution is 7.91. The smallest absolute Gasteiger partial charge is 0.252 e. The number of piperazine rings is 1. The number of hydrogen-bond donors (Lipinski definition) is 1. The molecule has 3 heterocycles. The standard InChI is InChI=1S/C16H21N5O3S2/c1-12-3-5-15(19-18-12)20-7-9-21(10-8-20)26(23,24)16-6-4-14(25-16)11-17-13(2)22/h3-6H,7-11H2,1-2H3,(H,17,22). The average Bonchev–Trinajstić information content (AvgIpc) is 3.11. The van der Waals surface area contributed by atoms with E-state index >= 15 is 0 Å². The number of rotatable bonds is 5. The lowest BCUT2D eigenvalue weighted by atomic mass is 10.3. The van der Waals surface area contributed by atoms with Crippen molar-refractivity contribution in [3.05, 3.63) is 34.8 Å². The number of aromatic nitrogens is 2. The van der Waals surface area contributed by atoms with Gasteiger partial charge in [0.1, 0.15) is 4.21 Å². The molecule has 1 saturated heterocycles. The lowest BCUT2D eigenvalue weighted by molar-refractivity contribution is -0.119. The van der Waals surface area contributed by atoms with Crippen LogP contribution in [-0.4, -0.2) is 55.0 Å². The van der Waals surface area contributed by atoms with Crippen LogP contribution in [-0.2, 0) is 21.4 Å². The molecular formula is C16H21N5O3S2. The van der Waals surface area contributed by atoms with Gasteiger partial charge in [-0.05, 0) is 31.2 Å². The number of nitrogens with one attached hydrogen (secondary N) is 1. The molecule has 2 aromatic heterocycles. The molecule has 0 aliphatic carbocycles. The van der Waals surface area contributed by atoms with Crippen LogP contribution >= 0.6 is 11.3 Å². The van der Waals surface area contributed by atoms with Gasteiger partial charge in [0.05, 0.1) is 12.2 Å². The molecule has 0 atom stereocenters. The molecule has 0 radical (unpaired) electrons. The van der Waals surface area contributed by atoms with Crippen molar-refractivity contribution in [3.63, 3.8) is 0 Å². The summed E-state index contributed by atoms with van der Waals surface area (Å²) in [7, 11) is -3.52. The SMILES string of the molecule is CC(=O)NCc1ccc(S(=O)(=O)N2CCN(c3ccc(C)nn3)CC2)s1. The Morgan fingerprint density at radius 1 is 1.15 bits per heavy atom. The molecule has 1 fully saturated rings. The molecule has 2 aromatic rings. The van der Waals surface area contributed by atoms with Crippen LogP contribution < -0.4 is 10.2 Å². The van der Waals surface area contributed by atoms with Crippen molar-refractivity contribution < 1.29 is 13.2 Å². The van der Waals surface area contributed by atoms with Crippen molar-refractivity contribution >= 4 is 33.1 Å². The summed E-state index contributed by atoms with van der Waals surface area (Å²) in [5.41, 5.74) is 0.850. The summed E-state index contributed by atoms with van der Waals surface area (Å²) in [6, 6.07) is 7.15. The summed E-state index contributed by atoms with van der Waals surface area (Å²) in [5.74, 6) is 0.625. The summed E-state index contributed by atoms with van der Waals surface area (Å²) >= 11 is 1.19. The van der Waals surface area contributed by atoms with Gasteiger partial charge in [0.15, 0.2) is 5.82 Å². The van der Waals surface area contributed by atoms with Crippen molar-refractivity contribution in [1.82, 2.24) is 19.8 Å². The number of hydrogen-bond acceptors (Lipinski definition) is 7. The highest BCUT2D eigenvalue weighted by Gasteiger charge is 2.30. The molecule has 140 valence electrons. The summed E-state index contributed by atoms with van der Waals surface area (Å²) in [6.07, 6.45) is 0. The van der Waals surface area contributed by atoms with Crippen molar-refractivity contribution in [3.8, 4) is 0 Å². The molecule has 3 rings (SSSR count). The lowest BCUT2D eigenvalue weighted by Crippen LogP contribution is -2.48. The molecule has 10 heteroatoms. The van der Waals surface area contributed by atoms with Crippen LogP contribution in [0.2, 0.25) is 0 Å². The van der Waals surface area contributed by atoms with E-state index in [0.717, 1.165) is 16.4 Å². The maximum atomic E-state index is 12.8. The summed E-state index contributed by atoms with van der Waals surface area (Å²) in [5, 5.41) is 10.9. The highest BCUT2D eigenvalue weighted by Crippen LogP contribution is 2.26. The zero-order valence-electron chi connectivity index (χ0n) is 14.7. The van der Waals surface area contributed by atoms with Gasteiger partial charge in [0.2, 0.25) is 5.91 Å². The van der Waals surface area contributed by atoms with Crippen molar-refractivity contribution in [2.45, 2.75) is 24.6 Å². The van der Waals surface area contributed by atoms with E-state index < -0.39 is 10.0 Å². The molecule has 0 saturated carbocycles. The van der Waals surface area contributed by atoms with Gasteiger partial charge in [0, 0.05) is 38.0 Å². The molecule has 26 heavy (non-hydrogen) atoms. The fraction of sp³-hybridized carbons (Fsp3) is 0.438. The number of thiophene rings is 1. The summed E-state index contributed by atoms with van der Waals surface area (Å²) in [4.78, 5) is 13.8. The molecule has 1 aliphatic rings. The third kappa shape index (κ3) is 4.19. The number of sulfonamides is 1. The fourth-order valence-electron chi connectivity index (χ4n) is 2.65. The summed E-state index contributed by atoms with van der Waals surface area (Å²) in [6.45, 7) is 5.59. The van der Waals surface area contributed by atoms with Crippen LogP contribution in [0.5, 0.6) is 0 Å². The van der Waals surface area contributed by atoms with Crippen molar-refractivity contribution in [2.75, 3.05) is 31.1 Å². The van der Waals surface area contributed by atoms with Crippen molar-refractivity contribution in [2.24, 2.45) is 0 Å². The molecule has 8 nitrogen and oxygen atoms in total. The number of aryl methyl sites for hydroxylation is 1. The average molecular weight is 396 g/mol. The second-order valence-corrected chi connectivity index (χ2v) is 9.39. The number of nitrogens with zero attached hydrogens (tertiary/aromatic N) is 4. The molecule has 0 bridgehead atoms. The van der Waals surface area contributed by atoms with Gasteiger partial charge in [-0.3, -0.25) is 4.79 Å². The zero-order valence-corrected chi connectivity index (χ0v) is 16.3. The first kappa shape index (κ1) is 18.7. The van der Waals surface area contributed by atoms with Crippen LogP contribution in [0.1, 0.15) is 17.5 Å². The maximum Gasteiger partial charge on any atom is 0.252 e. The second-order valence-electron chi connectivity index (χ2n) is 6.05. The highest BCUT2D eigenvalue weighted by atomic mass is 32.2. The first-order chi connectivity index (χ1) is 12.4. The van der Waals surface area contributed by atoms with E-state index in [1.165, 1.54) is 22.6 Å². The van der Waals surface area contributed by atoms with Crippen molar-refractivity contribution in [1.29, 1.82) is 0 Å². The zero-order chi connectivity index (χ0) is 18.7. The minimum Gasteiger partial charge on any atom is -0.352 e. The maximum absolute atomic E-state index is 12.8. The Labute approximate surface area is 156 Å². The van der Waals surface area contributed by atoms with E-state index in [2.05, 4.69) is 15.5 Å². The van der Waals surface area contributed by atoms with E-state index in [1.807, 2.05) is 24.0 Å². The van der Waals surface area contributed by atoms with Crippen LogP contribution in [0, 0.1) is 6.92 Å². The molecule has 1 aliphatic heterocycles. The van der Waals surface area contributed by atoms with E-state index in [1.54, 1.807) is 12.1 Å². The quantitative estimate of drug-likeness (QED) is 0.811. The van der Waals surface area contributed by atoms with E-state index in [0.29, 0.717) is 36.9 Å². The lowest BCUT2D eigenvalue weighted by Gasteiger charge is -2.34. The number of carbonyl (C=O) groups is 1. The van der Waals surface area contributed by atoms with Crippen LogP contribution in [0.4, 0.5) is 5.82 Å². The molecule has 0 aromatic carbocycles. The van der Waals surface area contributed by atoms with Gasteiger partial charge in [-0.1, -0.05) is 0 Å². The Hall–Kier alpha value is -2.04. The number of amides is 1. The predicted octanol–water partition coefficient (Wildman–Crippen LogP) is 0.994. The minimum atomic E-state index is -3.52. The summed E-state index contributed by atoms with van der Waals surface area (Å²) < 4.78 is 27.5. The van der Waals surface area contributed by atoms with Crippen LogP contribution in [0.15, 0.2) is 28.5 Å². The molecule has 0 unspecified atom stereocenters. The first-order valence-electron chi connectivity index (χ1n) is 8.25. The largest absolute Gasteiger partial charge is 0.352 e. The third-order valence-electron chi connectivity index (χ3n) is 4.09. The third-order valence-corrected chi connectivity index (χ3v) is 7.54. The van der Waals surface area contributed by atoms with Gasteiger partial charge < -0.3 is 10.2 Å². The predicted molar refractivity (Wildman–Crippen MR) is 99.6 cm³/mol. The fourth-order valence-corrected chi connectivity index (χ4v) is 5.52. The Morgan fingerprint density at radius 3 is 2.50 bits per heavy atom. The molecular weight excluding hydrogens is 374 g/mol.